The molecule has 2 saturated heterocycles. The number of rotatable bonds is 2. The fourth-order valence-electron chi connectivity index (χ4n) is 3.39. The van der Waals surface area contributed by atoms with E-state index in [2.05, 4.69) is 35.3 Å². The maximum absolute atomic E-state index is 6.09. The number of likely N-dealkylation sites (tertiary alicyclic amines) is 1. The minimum Gasteiger partial charge on any atom is -0.316 e. The fourth-order valence-corrected chi connectivity index (χ4v) is 3.59. The topological polar surface area (TPSA) is 15.3 Å². The molecule has 2 fully saturated rings. The smallest absolute Gasteiger partial charge is 0.0409 e. The lowest BCUT2D eigenvalue weighted by atomic mass is 9.87. The lowest BCUT2D eigenvalue weighted by molar-refractivity contribution is 0.111. The van der Waals surface area contributed by atoms with E-state index in [0.717, 1.165) is 16.9 Å². The Balaban J connectivity index is 1.71. The molecule has 2 aliphatic heterocycles. The number of hydrogen-bond acceptors (Lipinski definition) is 2. The quantitative estimate of drug-likeness (QED) is 0.884. The van der Waals surface area contributed by atoms with E-state index in [1.54, 1.807) is 0 Å². The highest BCUT2D eigenvalue weighted by Crippen LogP contribution is 2.32. The standard InChI is InChI=1S/C15H21ClN2/c1-11(12-3-2-4-15(16)7-12)18-6-5-13-8-17-9-14(13)10-18/h2-4,7,11,13-14,17H,5-6,8-10H2,1H3. The Kier molecular flexibility index (Phi) is 3.60. The zero-order chi connectivity index (χ0) is 12.5. The van der Waals surface area contributed by atoms with Gasteiger partial charge in [0.1, 0.15) is 0 Å². The summed E-state index contributed by atoms with van der Waals surface area (Å²) < 4.78 is 0. The highest BCUT2D eigenvalue weighted by molar-refractivity contribution is 6.30. The van der Waals surface area contributed by atoms with Crippen molar-refractivity contribution >= 4 is 11.6 Å². The average molecular weight is 265 g/mol. The Morgan fingerprint density at radius 1 is 1.33 bits per heavy atom. The van der Waals surface area contributed by atoms with Gasteiger partial charge in [-0.25, -0.2) is 0 Å². The predicted molar refractivity (Wildman–Crippen MR) is 75.9 cm³/mol. The van der Waals surface area contributed by atoms with Crippen LogP contribution in [-0.2, 0) is 0 Å². The number of benzene rings is 1. The van der Waals surface area contributed by atoms with Gasteiger partial charge in [-0.05, 0) is 62.5 Å². The molecular weight excluding hydrogens is 244 g/mol. The SMILES string of the molecule is CC(c1cccc(Cl)c1)N1CCC2CNCC2C1. The maximum Gasteiger partial charge on any atom is 0.0409 e. The van der Waals surface area contributed by atoms with Gasteiger partial charge in [-0.1, -0.05) is 23.7 Å². The molecule has 3 atom stereocenters. The van der Waals surface area contributed by atoms with Gasteiger partial charge < -0.3 is 5.32 Å². The third-order valence-corrected chi connectivity index (χ3v) is 4.85. The largest absolute Gasteiger partial charge is 0.316 e. The number of halogens is 1. The first-order valence-corrected chi connectivity index (χ1v) is 7.32. The van der Waals surface area contributed by atoms with Crippen LogP contribution in [0.5, 0.6) is 0 Å². The first-order valence-electron chi connectivity index (χ1n) is 6.94. The monoisotopic (exact) mass is 264 g/mol. The van der Waals surface area contributed by atoms with Crippen LogP contribution in [0.1, 0.15) is 24.9 Å². The van der Waals surface area contributed by atoms with Crippen molar-refractivity contribution in [2.45, 2.75) is 19.4 Å². The Hall–Kier alpha value is -0.570. The molecule has 2 heterocycles. The third-order valence-electron chi connectivity index (χ3n) is 4.61. The Labute approximate surface area is 114 Å². The molecule has 3 rings (SSSR count). The van der Waals surface area contributed by atoms with Gasteiger partial charge in [0.05, 0.1) is 0 Å². The Morgan fingerprint density at radius 2 is 2.17 bits per heavy atom. The summed E-state index contributed by atoms with van der Waals surface area (Å²) in [5.41, 5.74) is 1.34. The molecule has 0 aliphatic carbocycles. The second-order valence-corrected chi connectivity index (χ2v) is 6.13. The van der Waals surface area contributed by atoms with Crippen molar-refractivity contribution in [3.8, 4) is 0 Å². The summed E-state index contributed by atoms with van der Waals surface area (Å²) in [6, 6.07) is 8.77. The second-order valence-electron chi connectivity index (χ2n) is 5.69. The molecule has 0 aromatic heterocycles. The molecule has 0 bridgehead atoms. The van der Waals surface area contributed by atoms with E-state index < -0.39 is 0 Å². The minimum atomic E-state index is 0.477. The summed E-state index contributed by atoms with van der Waals surface area (Å²) in [5.74, 6) is 1.76. The van der Waals surface area contributed by atoms with Crippen molar-refractivity contribution < 1.29 is 0 Å². The molecule has 1 aromatic carbocycles. The number of fused-ring (bicyclic) bond motifs is 1. The van der Waals surface area contributed by atoms with Crippen molar-refractivity contribution in [1.82, 2.24) is 10.2 Å². The van der Waals surface area contributed by atoms with E-state index in [4.69, 9.17) is 11.6 Å². The summed E-state index contributed by atoms with van der Waals surface area (Å²) in [6.07, 6.45) is 1.34. The molecule has 0 saturated carbocycles. The highest BCUT2D eigenvalue weighted by atomic mass is 35.5. The molecule has 1 aromatic rings. The number of nitrogens with zero attached hydrogens (tertiary/aromatic N) is 1. The van der Waals surface area contributed by atoms with Crippen LogP contribution in [-0.4, -0.2) is 31.1 Å². The molecule has 98 valence electrons. The molecule has 3 unspecified atom stereocenters. The summed E-state index contributed by atoms with van der Waals surface area (Å²) in [4.78, 5) is 2.61. The van der Waals surface area contributed by atoms with Gasteiger partial charge in [0.15, 0.2) is 0 Å². The Bertz CT molecular complexity index is 421. The molecule has 18 heavy (non-hydrogen) atoms. The van der Waals surface area contributed by atoms with Crippen molar-refractivity contribution in [3.05, 3.63) is 34.9 Å². The van der Waals surface area contributed by atoms with Crippen LogP contribution in [0, 0.1) is 11.8 Å². The van der Waals surface area contributed by atoms with Crippen LogP contribution in [0.3, 0.4) is 0 Å². The van der Waals surface area contributed by atoms with Gasteiger partial charge in [-0.15, -0.1) is 0 Å². The van der Waals surface area contributed by atoms with Crippen molar-refractivity contribution in [3.63, 3.8) is 0 Å². The minimum absolute atomic E-state index is 0.477. The molecule has 2 aliphatic rings. The predicted octanol–water partition coefficient (Wildman–Crippen LogP) is 2.94. The molecule has 2 nitrogen and oxygen atoms in total. The average Bonchev–Trinajstić information content (AvgIpc) is 2.85. The number of hydrogen-bond donors (Lipinski definition) is 1. The van der Waals surface area contributed by atoms with Gasteiger partial charge in [0.2, 0.25) is 0 Å². The Morgan fingerprint density at radius 3 is 3.00 bits per heavy atom. The number of piperidine rings is 1. The number of nitrogens with one attached hydrogen (secondary N) is 1. The molecule has 1 N–H and O–H groups in total. The van der Waals surface area contributed by atoms with Gasteiger partial charge >= 0.3 is 0 Å². The van der Waals surface area contributed by atoms with E-state index in [0.29, 0.717) is 6.04 Å². The van der Waals surface area contributed by atoms with Gasteiger partial charge in [0, 0.05) is 17.6 Å². The molecule has 0 amide bonds. The van der Waals surface area contributed by atoms with Crippen LogP contribution in [0.15, 0.2) is 24.3 Å². The van der Waals surface area contributed by atoms with Crippen LogP contribution in [0.2, 0.25) is 5.02 Å². The van der Waals surface area contributed by atoms with Gasteiger partial charge in [-0.3, -0.25) is 4.90 Å². The second kappa shape index (κ2) is 5.20. The zero-order valence-electron chi connectivity index (χ0n) is 10.9. The van der Waals surface area contributed by atoms with Crippen LogP contribution in [0.4, 0.5) is 0 Å². The van der Waals surface area contributed by atoms with Crippen LogP contribution >= 0.6 is 11.6 Å². The van der Waals surface area contributed by atoms with Crippen LogP contribution in [0.25, 0.3) is 0 Å². The van der Waals surface area contributed by atoms with Crippen molar-refractivity contribution in [2.75, 3.05) is 26.2 Å². The van der Waals surface area contributed by atoms with E-state index >= 15 is 0 Å². The summed E-state index contributed by atoms with van der Waals surface area (Å²) in [6.45, 7) is 7.17. The first-order chi connectivity index (χ1) is 8.74. The van der Waals surface area contributed by atoms with Gasteiger partial charge in [0.25, 0.3) is 0 Å². The molecule has 0 radical (unpaired) electrons. The summed E-state index contributed by atoms with van der Waals surface area (Å²) in [7, 11) is 0. The first kappa shape index (κ1) is 12.5. The normalized spacial score (nSPS) is 30.1. The van der Waals surface area contributed by atoms with Gasteiger partial charge in [-0.2, -0.15) is 0 Å². The zero-order valence-corrected chi connectivity index (χ0v) is 11.7. The lowest BCUT2D eigenvalue weighted by Crippen LogP contribution is -2.41. The van der Waals surface area contributed by atoms with Crippen molar-refractivity contribution in [1.29, 1.82) is 0 Å². The van der Waals surface area contributed by atoms with Crippen LogP contribution < -0.4 is 5.32 Å². The fraction of sp³-hybridized carbons (Fsp3) is 0.600. The molecule has 3 heteroatoms. The molecular formula is C15H21ClN2. The van der Waals surface area contributed by atoms with E-state index in [1.807, 2.05) is 6.07 Å². The van der Waals surface area contributed by atoms with E-state index in [9.17, 15) is 0 Å². The summed E-state index contributed by atoms with van der Waals surface area (Å²) >= 11 is 6.09. The summed E-state index contributed by atoms with van der Waals surface area (Å²) in [5, 5.41) is 4.37. The highest BCUT2D eigenvalue weighted by Gasteiger charge is 2.34. The third kappa shape index (κ3) is 2.42. The molecule has 0 spiro atoms. The maximum atomic E-state index is 6.09. The lowest BCUT2D eigenvalue weighted by Gasteiger charge is -2.38. The van der Waals surface area contributed by atoms with Crippen molar-refractivity contribution in [2.24, 2.45) is 11.8 Å². The van der Waals surface area contributed by atoms with E-state index in [1.165, 1.54) is 38.2 Å². The van der Waals surface area contributed by atoms with E-state index in [-0.39, 0.29) is 0 Å².